The lowest BCUT2D eigenvalue weighted by molar-refractivity contribution is 1.34. The molecule has 0 unspecified atom stereocenters. The summed E-state index contributed by atoms with van der Waals surface area (Å²) in [5.41, 5.74) is 4.35. The number of imidazole rings is 1. The maximum Gasteiger partial charge on any atom is 0.0960 e. The molecule has 20 heavy (non-hydrogen) atoms. The molecule has 1 aromatic carbocycles. The van der Waals surface area contributed by atoms with Gasteiger partial charge >= 0.3 is 0 Å². The largest absolute Gasteiger partial charge is 0.345 e. The number of hydrogen-bond donors (Lipinski definition) is 1. The third kappa shape index (κ3) is 4.54. The summed E-state index contributed by atoms with van der Waals surface area (Å²) in [6.07, 6.45) is 9.54. The number of hydrogen-bond acceptors (Lipinski definition) is 1. The topological polar surface area (TPSA) is 28.7 Å². The highest BCUT2D eigenvalue weighted by Gasteiger charge is 2.04. The fourth-order valence-electron chi connectivity index (χ4n) is 1.71. The van der Waals surface area contributed by atoms with E-state index in [-0.39, 0.29) is 0 Å². The SMILES string of the molecule is C=C/C=C\C(=C/C)c1cccc2[nH]cnc12.CC.CC. The molecule has 108 valence electrons. The summed E-state index contributed by atoms with van der Waals surface area (Å²) in [4.78, 5) is 7.45. The molecule has 0 amide bonds. The first-order valence-corrected chi connectivity index (χ1v) is 7.24. The number of rotatable bonds is 3. The summed E-state index contributed by atoms with van der Waals surface area (Å²) >= 11 is 0. The molecule has 1 N–H and O–H groups in total. The second-order valence-corrected chi connectivity index (χ2v) is 3.44. The summed E-state index contributed by atoms with van der Waals surface area (Å²) in [6, 6.07) is 6.13. The molecule has 1 heterocycles. The van der Waals surface area contributed by atoms with Crippen LogP contribution in [0.5, 0.6) is 0 Å². The first-order chi connectivity index (χ1) is 9.86. The van der Waals surface area contributed by atoms with Crippen LogP contribution in [0.1, 0.15) is 40.2 Å². The molecule has 0 saturated heterocycles. The van der Waals surface area contributed by atoms with E-state index >= 15 is 0 Å². The smallest absolute Gasteiger partial charge is 0.0960 e. The van der Waals surface area contributed by atoms with Crippen molar-refractivity contribution in [1.82, 2.24) is 9.97 Å². The third-order valence-corrected chi connectivity index (χ3v) is 2.48. The normalized spacial score (nSPS) is 10.6. The van der Waals surface area contributed by atoms with Crippen LogP contribution >= 0.6 is 0 Å². The summed E-state index contributed by atoms with van der Waals surface area (Å²) in [6.45, 7) is 13.7. The average Bonchev–Trinajstić information content (AvgIpc) is 3.01. The van der Waals surface area contributed by atoms with Crippen molar-refractivity contribution in [3.05, 3.63) is 61.0 Å². The molecule has 0 spiro atoms. The number of para-hydroxylation sites is 1. The lowest BCUT2D eigenvalue weighted by Crippen LogP contribution is -1.83. The minimum Gasteiger partial charge on any atom is -0.345 e. The number of benzene rings is 1. The zero-order valence-electron chi connectivity index (χ0n) is 13.3. The average molecular weight is 270 g/mol. The molecule has 0 aliphatic heterocycles. The van der Waals surface area contributed by atoms with Crippen LogP contribution < -0.4 is 0 Å². The number of H-pyrrole nitrogens is 1. The van der Waals surface area contributed by atoms with Gasteiger partial charge in [-0.15, -0.1) is 0 Å². The van der Waals surface area contributed by atoms with Gasteiger partial charge in [-0.2, -0.15) is 0 Å². The van der Waals surface area contributed by atoms with Crippen molar-refractivity contribution in [2.75, 3.05) is 0 Å². The Bertz CT molecular complexity index is 560. The van der Waals surface area contributed by atoms with E-state index in [4.69, 9.17) is 0 Å². The summed E-state index contributed by atoms with van der Waals surface area (Å²) in [5.74, 6) is 0. The van der Waals surface area contributed by atoms with E-state index < -0.39 is 0 Å². The van der Waals surface area contributed by atoms with E-state index in [0.29, 0.717) is 0 Å². The monoisotopic (exact) mass is 270 g/mol. The van der Waals surface area contributed by atoms with Gasteiger partial charge in [-0.3, -0.25) is 0 Å². The van der Waals surface area contributed by atoms with Crippen LogP contribution in [0.4, 0.5) is 0 Å². The molecular formula is C18H26N2. The molecule has 2 aromatic rings. The summed E-state index contributed by atoms with van der Waals surface area (Å²) in [5, 5.41) is 0. The lowest BCUT2D eigenvalue weighted by Gasteiger charge is -2.02. The molecule has 0 radical (unpaired) electrons. The van der Waals surface area contributed by atoms with Gasteiger partial charge in [0.25, 0.3) is 0 Å². The van der Waals surface area contributed by atoms with Crippen LogP contribution in [-0.2, 0) is 0 Å². The van der Waals surface area contributed by atoms with E-state index in [9.17, 15) is 0 Å². The van der Waals surface area contributed by atoms with E-state index in [1.807, 2.05) is 58.9 Å². The van der Waals surface area contributed by atoms with Gasteiger partial charge < -0.3 is 4.98 Å². The highest BCUT2D eigenvalue weighted by atomic mass is 14.9. The minimum atomic E-state index is 1.00. The Balaban J connectivity index is 0.000000829. The Kier molecular flexibility index (Phi) is 9.67. The van der Waals surface area contributed by atoms with Gasteiger partial charge in [0.05, 0.1) is 17.4 Å². The second kappa shape index (κ2) is 10.8. The Hall–Kier alpha value is -2.09. The van der Waals surface area contributed by atoms with Gasteiger partial charge in [-0.05, 0) is 18.6 Å². The fraction of sp³-hybridized carbons (Fsp3) is 0.278. The van der Waals surface area contributed by atoms with Gasteiger partial charge in [0.2, 0.25) is 0 Å². The van der Waals surface area contributed by atoms with E-state index in [2.05, 4.69) is 28.7 Å². The van der Waals surface area contributed by atoms with Crippen LogP contribution in [0.25, 0.3) is 16.6 Å². The first kappa shape index (κ1) is 17.9. The van der Waals surface area contributed by atoms with Crippen molar-refractivity contribution in [1.29, 1.82) is 0 Å². The number of aromatic amines is 1. The molecule has 2 rings (SSSR count). The highest BCUT2D eigenvalue weighted by Crippen LogP contribution is 2.23. The van der Waals surface area contributed by atoms with Gasteiger partial charge in [-0.1, -0.05) is 70.7 Å². The molecule has 0 saturated carbocycles. The van der Waals surface area contributed by atoms with Gasteiger partial charge in [0.1, 0.15) is 0 Å². The van der Waals surface area contributed by atoms with Gasteiger partial charge in [0, 0.05) is 5.56 Å². The Morgan fingerprint density at radius 3 is 2.50 bits per heavy atom. The third-order valence-electron chi connectivity index (χ3n) is 2.48. The predicted molar refractivity (Wildman–Crippen MR) is 91.8 cm³/mol. The molecule has 2 heteroatoms. The minimum absolute atomic E-state index is 1.00. The quantitative estimate of drug-likeness (QED) is 0.706. The molecule has 0 aliphatic rings. The number of allylic oxidation sites excluding steroid dienone is 5. The lowest BCUT2D eigenvalue weighted by atomic mass is 10.0. The molecule has 1 aromatic heterocycles. The fourth-order valence-corrected chi connectivity index (χ4v) is 1.71. The van der Waals surface area contributed by atoms with Crippen molar-refractivity contribution >= 4 is 16.6 Å². The molecule has 2 nitrogen and oxygen atoms in total. The maximum absolute atomic E-state index is 4.34. The number of nitrogens with zero attached hydrogens (tertiary/aromatic N) is 1. The van der Waals surface area contributed by atoms with Crippen molar-refractivity contribution in [3.63, 3.8) is 0 Å². The van der Waals surface area contributed by atoms with Crippen LogP contribution in [0.15, 0.2) is 55.4 Å². The number of nitrogens with one attached hydrogen (secondary N) is 1. The Labute approximate surface area is 122 Å². The van der Waals surface area contributed by atoms with Crippen molar-refractivity contribution in [2.24, 2.45) is 0 Å². The van der Waals surface area contributed by atoms with Gasteiger partial charge in [0.15, 0.2) is 0 Å². The number of aromatic nitrogens is 2. The molecule has 0 atom stereocenters. The maximum atomic E-state index is 4.34. The Morgan fingerprint density at radius 1 is 1.20 bits per heavy atom. The standard InChI is InChI=1S/C14H14N2.2C2H6/c1-3-5-7-11(4-2)12-8-6-9-13-14(12)16-10-15-13;2*1-2/h3-10H,1H2,2H3,(H,15,16);2*1-2H3/b7-5-,11-4+;;. The molecule has 0 aliphatic carbocycles. The summed E-state index contributed by atoms with van der Waals surface area (Å²) < 4.78 is 0. The Morgan fingerprint density at radius 2 is 1.90 bits per heavy atom. The van der Waals surface area contributed by atoms with Crippen LogP contribution in [0.2, 0.25) is 0 Å². The van der Waals surface area contributed by atoms with E-state index in [1.54, 1.807) is 12.4 Å². The predicted octanol–water partition coefficient (Wildman–Crippen LogP) is 5.76. The van der Waals surface area contributed by atoms with E-state index in [0.717, 1.165) is 22.2 Å². The zero-order valence-corrected chi connectivity index (χ0v) is 13.3. The van der Waals surface area contributed by atoms with Crippen molar-refractivity contribution in [3.8, 4) is 0 Å². The van der Waals surface area contributed by atoms with Crippen molar-refractivity contribution in [2.45, 2.75) is 34.6 Å². The van der Waals surface area contributed by atoms with Crippen molar-refractivity contribution < 1.29 is 0 Å². The molecular weight excluding hydrogens is 244 g/mol. The van der Waals surface area contributed by atoms with Crippen LogP contribution in [0, 0.1) is 0 Å². The molecule has 0 bridgehead atoms. The highest BCUT2D eigenvalue weighted by molar-refractivity contribution is 5.91. The van der Waals surface area contributed by atoms with E-state index in [1.165, 1.54) is 0 Å². The van der Waals surface area contributed by atoms with Crippen LogP contribution in [-0.4, -0.2) is 9.97 Å². The second-order valence-electron chi connectivity index (χ2n) is 3.44. The van der Waals surface area contributed by atoms with Crippen LogP contribution in [0.3, 0.4) is 0 Å². The first-order valence-electron chi connectivity index (χ1n) is 7.24. The van der Waals surface area contributed by atoms with Gasteiger partial charge in [-0.25, -0.2) is 4.98 Å². The summed E-state index contributed by atoms with van der Waals surface area (Å²) in [7, 11) is 0. The molecule has 0 fully saturated rings. The number of fused-ring (bicyclic) bond motifs is 1. The zero-order chi connectivity index (χ0) is 15.4.